The lowest BCUT2D eigenvalue weighted by molar-refractivity contribution is -0.167. The molecular weight excluding hydrogens is 733 g/mol. The fourth-order valence-corrected chi connectivity index (χ4v) is 7.79. The number of carbonyl (C=O) groups is 3. The highest BCUT2D eigenvalue weighted by molar-refractivity contribution is 5.71. The highest BCUT2D eigenvalue weighted by Crippen LogP contribution is 2.16. The molecule has 6 nitrogen and oxygen atoms in total. The number of unbranched alkanes of at least 4 members (excludes halogenated alkanes) is 35. The molecule has 0 aromatic rings. The van der Waals surface area contributed by atoms with E-state index in [0.29, 0.717) is 19.3 Å². The van der Waals surface area contributed by atoms with Gasteiger partial charge in [0.05, 0.1) is 0 Å². The van der Waals surface area contributed by atoms with Gasteiger partial charge in [-0.15, -0.1) is 0 Å². The van der Waals surface area contributed by atoms with Crippen LogP contribution in [0.3, 0.4) is 0 Å². The lowest BCUT2D eigenvalue weighted by atomic mass is 10.0. The first-order valence-electron chi connectivity index (χ1n) is 26.2. The molecule has 59 heavy (non-hydrogen) atoms. The molecule has 0 rings (SSSR count). The zero-order chi connectivity index (χ0) is 43.0. The second kappa shape index (κ2) is 48.8. The van der Waals surface area contributed by atoms with Gasteiger partial charge in [-0.1, -0.05) is 238 Å². The van der Waals surface area contributed by atoms with Crippen molar-refractivity contribution in [3.05, 3.63) is 12.2 Å². The Morgan fingerprint density at radius 3 is 0.847 bits per heavy atom. The third-order valence-corrected chi connectivity index (χ3v) is 11.8. The number of allylic oxidation sites excluding steroid dienone is 2. The van der Waals surface area contributed by atoms with E-state index >= 15 is 0 Å². The Morgan fingerprint density at radius 2 is 0.559 bits per heavy atom. The van der Waals surface area contributed by atoms with Crippen molar-refractivity contribution in [2.45, 2.75) is 297 Å². The van der Waals surface area contributed by atoms with E-state index in [9.17, 15) is 14.4 Å². The van der Waals surface area contributed by atoms with Gasteiger partial charge < -0.3 is 14.2 Å². The minimum Gasteiger partial charge on any atom is -0.462 e. The summed E-state index contributed by atoms with van der Waals surface area (Å²) in [5.74, 6) is -0.863. The first-order valence-corrected chi connectivity index (χ1v) is 26.2. The molecule has 0 bridgehead atoms. The zero-order valence-electron chi connectivity index (χ0n) is 39.8. The summed E-state index contributed by atoms with van der Waals surface area (Å²) in [6.07, 6.45) is 53.4. The van der Waals surface area contributed by atoms with Gasteiger partial charge in [0.25, 0.3) is 0 Å². The third kappa shape index (κ3) is 47.1. The highest BCUT2D eigenvalue weighted by Gasteiger charge is 2.19. The van der Waals surface area contributed by atoms with Gasteiger partial charge in [0.15, 0.2) is 6.10 Å². The van der Waals surface area contributed by atoms with Gasteiger partial charge in [-0.05, 0) is 44.9 Å². The van der Waals surface area contributed by atoms with E-state index in [1.165, 1.54) is 186 Å². The quantitative estimate of drug-likeness (QED) is 0.0263. The minimum absolute atomic E-state index is 0.0683. The molecule has 0 spiro atoms. The van der Waals surface area contributed by atoms with Crippen molar-refractivity contribution in [1.82, 2.24) is 0 Å². The summed E-state index contributed by atoms with van der Waals surface area (Å²) in [7, 11) is 0. The van der Waals surface area contributed by atoms with Gasteiger partial charge in [-0.3, -0.25) is 14.4 Å². The van der Waals surface area contributed by atoms with E-state index in [4.69, 9.17) is 14.2 Å². The molecule has 0 saturated carbocycles. The van der Waals surface area contributed by atoms with Crippen LogP contribution < -0.4 is 0 Å². The van der Waals surface area contributed by atoms with Crippen LogP contribution in [-0.4, -0.2) is 37.2 Å². The van der Waals surface area contributed by atoms with Crippen molar-refractivity contribution in [3.8, 4) is 0 Å². The number of hydrogen-bond acceptors (Lipinski definition) is 6. The molecular formula is C53H100O6. The maximum absolute atomic E-state index is 12.8. The molecule has 0 saturated heterocycles. The summed E-state index contributed by atoms with van der Waals surface area (Å²) >= 11 is 0. The first-order chi connectivity index (χ1) is 29.0. The van der Waals surface area contributed by atoms with E-state index in [0.717, 1.165) is 64.2 Å². The lowest BCUT2D eigenvalue weighted by Crippen LogP contribution is -2.30. The molecule has 0 radical (unpaired) electrons. The number of ether oxygens (including phenoxy) is 3. The molecule has 0 N–H and O–H groups in total. The largest absolute Gasteiger partial charge is 0.462 e. The molecule has 0 aliphatic heterocycles. The Hall–Kier alpha value is -1.85. The number of rotatable bonds is 48. The maximum atomic E-state index is 12.8. The van der Waals surface area contributed by atoms with Crippen LogP contribution in [0.1, 0.15) is 290 Å². The summed E-state index contributed by atoms with van der Waals surface area (Å²) in [5, 5.41) is 0. The van der Waals surface area contributed by atoms with Crippen molar-refractivity contribution in [1.29, 1.82) is 0 Å². The Kier molecular flexibility index (Phi) is 47.3. The fraction of sp³-hybridized carbons (Fsp3) is 0.906. The van der Waals surface area contributed by atoms with E-state index in [1.807, 2.05) is 0 Å². The Morgan fingerprint density at radius 1 is 0.322 bits per heavy atom. The fourth-order valence-electron chi connectivity index (χ4n) is 7.79. The zero-order valence-corrected chi connectivity index (χ0v) is 39.8. The van der Waals surface area contributed by atoms with Gasteiger partial charge in [0.2, 0.25) is 0 Å². The van der Waals surface area contributed by atoms with Gasteiger partial charge in [-0.2, -0.15) is 0 Å². The molecule has 1 unspecified atom stereocenters. The molecule has 0 amide bonds. The summed E-state index contributed by atoms with van der Waals surface area (Å²) in [6, 6.07) is 0. The molecule has 1 atom stereocenters. The van der Waals surface area contributed by atoms with E-state index in [-0.39, 0.29) is 31.1 Å². The van der Waals surface area contributed by atoms with Crippen LogP contribution in [0, 0.1) is 0 Å². The van der Waals surface area contributed by atoms with Crippen LogP contribution in [0.2, 0.25) is 0 Å². The number of carbonyl (C=O) groups excluding carboxylic acids is 3. The van der Waals surface area contributed by atoms with Crippen molar-refractivity contribution in [3.63, 3.8) is 0 Å². The first kappa shape index (κ1) is 57.1. The average molecular weight is 833 g/mol. The van der Waals surface area contributed by atoms with Crippen LogP contribution >= 0.6 is 0 Å². The van der Waals surface area contributed by atoms with Gasteiger partial charge >= 0.3 is 17.9 Å². The lowest BCUT2D eigenvalue weighted by Gasteiger charge is -2.18. The van der Waals surface area contributed by atoms with Crippen molar-refractivity contribution in [2.24, 2.45) is 0 Å². The van der Waals surface area contributed by atoms with Gasteiger partial charge in [0, 0.05) is 19.3 Å². The van der Waals surface area contributed by atoms with E-state index < -0.39 is 6.10 Å². The van der Waals surface area contributed by atoms with Gasteiger partial charge in [0.1, 0.15) is 13.2 Å². The predicted octanol–water partition coefficient (Wildman–Crippen LogP) is 17.0. The average Bonchev–Trinajstić information content (AvgIpc) is 3.23. The van der Waals surface area contributed by atoms with Crippen LogP contribution in [0.5, 0.6) is 0 Å². The summed E-state index contributed by atoms with van der Waals surface area (Å²) in [6.45, 7) is 6.64. The topological polar surface area (TPSA) is 78.9 Å². The predicted molar refractivity (Wildman–Crippen MR) is 252 cm³/mol. The monoisotopic (exact) mass is 833 g/mol. The highest BCUT2D eigenvalue weighted by atomic mass is 16.6. The molecule has 348 valence electrons. The summed E-state index contributed by atoms with van der Waals surface area (Å²) in [4.78, 5) is 37.9. The second-order valence-electron chi connectivity index (χ2n) is 17.8. The number of esters is 3. The van der Waals surface area contributed by atoms with E-state index in [1.54, 1.807) is 0 Å². The van der Waals surface area contributed by atoms with Crippen molar-refractivity contribution < 1.29 is 28.6 Å². The smallest absolute Gasteiger partial charge is 0.306 e. The van der Waals surface area contributed by atoms with Crippen LogP contribution in [0.15, 0.2) is 12.2 Å². The van der Waals surface area contributed by atoms with Crippen LogP contribution in [-0.2, 0) is 28.6 Å². The molecule has 0 aliphatic carbocycles. The molecule has 6 heteroatoms. The molecule has 0 aromatic heterocycles. The standard InChI is InChI=1S/C53H100O6/c1-4-7-10-13-16-19-21-23-25-26-27-28-30-31-34-37-40-43-46-52(55)58-49-50(48-57-51(54)45-42-39-36-33-18-15-12-9-6-3)59-53(56)47-44-41-38-35-32-29-24-22-20-17-14-11-8-5-2/h22,24,50H,4-21,23,25-49H2,1-3H3/b24-22-. The van der Waals surface area contributed by atoms with Crippen molar-refractivity contribution >= 4 is 17.9 Å². The Labute approximate surface area is 367 Å². The van der Waals surface area contributed by atoms with Crippen LogP contribution in [0.4, 0.5) is 0 Å². The molecule has 0 heterocycles. The normalized spacial score (nSPS) is 12.0. The minimum atomic E-state index is -0.766. The molecule has 0 aliphatic rings. The van der Waals surface area contributed by atoms with Crippen molar-refractivity contribution in [2.75, 3.05) is 13.2 Å². The van der Waals surface area contributed by atoms with Crippen LogP contribution in [0.25, 0.3) is 0 Å². The molecule has 0 aromatic carbocycles. The summed E-state index contributed by atoms with van der Waals surface area (Å²) < 4.78 is 16.8. The Balaban J connectivity index is 4.25. The maximum Gasteiger partial charge on any atom is 0.306 e. The Bertz CT molecular complexity index is 916. The summed E-state index contributed by atoms with van der Waals surface area (Å²) in [5.41, 5.74) is 0. The SMILES string of the molecule is CCCCCCC/C=C\CCCCCCCC(=O)OC(COC(=O)CCCCCCCCCCC)COC(=O)CCCCCCCCCCCCCCCCCCCC. The third-order valence-electron chi connectivity index (χ3n) is 11.8. The van der Waals surface area contributed by atoms with Gasteiger partial charge in [-0.25, -0.2) is 0 Å². The molecule has 0 fully saturated rings. The number of hydrogen-bond donors (Lipinski definition) is 0. The second-order valence-corrected chi connectivity index (χ2v) is 17.8. The van der Waals surface area contributed by atoms with E-state index in [2.05, 4.69) is 32.9 Å².